The summed E-state index contributed by atoms with van der Waals surface area (Å²) in [7, 11) is 0. The number of hydrogen-bond acceptors (Lipinski definition) is 3. The molecular weight excluding hydrogens is 342 g/mol. The lowest BCUT2D eigenvalue weighted by atomic mass is 10.0. The van der Waals surface area contributed by atoms with Gasteiger partial charge >= 0.3 is 0 Å². The number of carbonyl (C=O) groups excluding carboxylic acids is 1. The Kier molecular flexibility index (Phi) is 4.74. The van der Waals surface area contributed by atoms with E-state index >= 15 is 0 Å². The fraction of sp³-hybridized carbons (Fsp3) is 0.0556. The van der Waals surface area contributed by atoms with Crippen LogP contribution in [0.1, 0.15) is 15.9 Å². The molecule has 0 unspecified atom stereocenters. The van der Waals surface area contributed by atoms with Crippen LogP contribution in [0, 0.1) is 6.92 Å². The molecule has 2 N–H and O–H groups in total. The molecule has 2 aromatic carbocycles. The third-order valence-electron chi connectivity index (χ3n) is 3.50. The molecule has 1 aromatic heterocycles. The maximum Gasteiger partial charge on any atom is 0.258 e. The van der Waals surface area contributed by atoms with Crippen LogP contribution in [0.15, 0.2) is 54.7 Å². The minimum atomic E-state index is -0.298. The van der Waals surface area contributed by atoms with E-state index in [-0.39, 0.29) is 11.0 Å². The van der Waals surface area contributed by atoms with Gasteiger partial charge in [0.15, 0.2) is 5.11 Å². The first-order chi connectivity index (χ1) is 11.5. The van der Waals surface area contributed by atoms with E-state index in [1.54, 1.807) is 24.4 Å². The molecule has 24 heavy (non-hydrogen) atoms. The van der Waals surface area contributed by atoms with Crippen LogP contribution in [-0.4, -0.2) is 16.0 Å². The largest absolute Gasteiger partial charge is 0.317 e. The second kappa shape index (κ2) is 6.95. The zero-order valence-electron chi connectivity index (χ0n) is 12.8. The van der Waals surface area contributed by atoms with Crippen molar-refractivity contribution in [2.24, 2.45) is 0 Å². The molecule has 0 saturated heterocycles. The van der Waals surface area contributed by atoms with Crippen LogP contribution >= 0.6 is 23.8 Å². The Labute approximate surface area is 149 Å². The number of halogens is 1. The lowest BCUT2D eigenvalue weighted by molar-refractivity contribution is 0.0979. The zero-order chi connectivity index (χ0) is 17.1. The standard InChI is InChI=1S/C18H14ClN3OS/c1-11-8-9-20-16(10-11)21-18(24)22-17(23)14-6-2-5-13-12(14)4-3-7-15(13)19/h2-10H,1H3,(H2,20,21,22,23,24). The van der Waals surface area contributed by atoms with Crippen LogP contribution in [0.2, 0.25) is 5.02 Å². The summed E-state index contributed by atoms with van der Waals surface area (Å²) in [4.78, 5) is 16.7. The average molecular weight is 356 g/mol. The van der Waals surface area contributed by atoms with Gasteiger partial charge < -0.3 is 5.32 Å². The molecule has 0 radical (unpaired) electrons. The normalized spacial score (nSPS) is 10.4. The predicted octanol–water partition coefficient (Wildman–Crippen LogP) is 4.32. The Balaban J connectivity index is 1.80. The second-order valence-corrected chi connectivity index (χ2v) is 6.08. The van der Waals surface area contributed by atoms with Gasteiger partial charge in [0.2, 0.25) is 0 Å². The molecule has 0 atom stereocenters. The van der Waals surface area contributed by atoms with Crippen LogP contribution in [0.5, 0.6) is 0 Å². The van der Waals surface area contributed by atoms with Gasteiger partial charge in [-0.05, 0) is 54.4 Å². The molecule has 0 aliphatic carbocycles. The molecule has 1 amide bonds. The minimum absolute atomic E-state index is 0.192. The van der Waals surface area contributed by atoms with Crippen molar-refractivity contribution in [2.75, 3.05) is 5.32 Å². The number of fused-ring (bicyclic) bond motifs is 1. The molecule has 4 nitrogen and oxygen atoms in total. The molecular formula is C18H14ClN3OS. The first-order valence-electron chi connectivity index (χ1n) is 7.27. The summed E-state index contributed by atoms with van der Waals surface area (Å²) in [5.41, 5.74) is 1.56. The van der Waals surface area contributed by atoms with Gasteiger partial charge in [-0.1, -0.05) is 35.9 Å². The number of rotatable bonds is 2. The highest BCUT2D eigenvalue weighted by atomic mass is 35.5. The fourth-order valence-electron chi connectivity index (χ4n) is 2.39. The summed E-state index contributed by atoms with van der Waals surface area (Å²) in [6.07, 6.45) is 1.68. The lowest BCUT2D eigenvalue weighted by Crippen LogP contribution is -2.34. The molecule has 0 spiro atoms. The van der Waals surface area contributed by atoms with E-state index in [4.69, 9.17) is 23.8 Å². The van der Waals surface area contributed by atoms with E-state index in [9.17, 15) is 4.79 Å². The number of nitrogens with zero attached hydrogens (tertiary/aromatic N) is 1. The highest BCUT2D eigenvalue weighted by Gasteiger charge is 2.12. The number of thiocarbonyl (C=S) groups is 1. The Hall–Kier alpha value is -2.50. The molecule has 1 heterocycles. The minimum Gasteiger partial charge on any atom is -0.317 e. The number of nitrogens with one attached hydrogen (secondary N) is 2. The van der Waals surface area contributed by atoms with Gasteiger partial charge in [-0.25, -0.2) is 4.98 Å². The highest BCUT2D eigenvalue weighted by molar-refractivity contribution is 7.80. The van der Waals surface area contributed by atoms with Gasteiger partial charge in [-0.2, -0.15) is 0 Å². The number of benzene rings is 2. The van der Waals surface area contributed by atoms with Crippen molar-refractivity contribution >= 4 is 51.4 Å². The number of carbonyl (C=O) groups is 1. The quantitative estimate of drug-likeness (QED) is 0.672. The van der Waals surface area contributed by atoms with Crippen LogP contribution in [0.25, 0.3) is 10.8 Å². The molecule has 0 fully saturated rings. The van der Waals surface area contributed by atoms with E-state index < -0.39 is 0 Å². The van der Waals surface area contributed by atoms with Crippen LogP contribution < -0.4 is 10.6 Å². The molecule has 0 saturated carbocycles. The van der Waals surface area contributed by atoms with Gasteiger partial charge in [0, 0.05) is 22.2 Å². The summed E-state index contributed by atoms with van der Waals surface area (Å²) in [6.45, 7) is 1.95. The van der Waals surface area contributed by atoms with Gasteiger partial charge in [0.1, 0.15) is 5.82 Å². The number of hydrogen-bond donors (Lipinski definition) is 2. The van der Waals surface area contributed by atoms with E-state index in [0.717, 1.165) is 16.3 Å². The fourth-order valence-corrected chi connectivity index (χ4v) is 2.83. The van der Waals surface area contributed by atoms with Gasteiger partial charge in [0.25, 0.3) is 5.91 Å². The van der Waals surface area contributed by atoms with Crippen molar-refractivity contribution < 1.29 is 4.79 Å². The molecule has 120 valence electrons. The Morgan fingerprint density at radius 2 is 1.88 bits per heavy atom. The van der Waals surface area contributed by atoms with Crippen LogP contribution in [0.3, 0.4) is 0 Å². The summed E-state index contributed by atoms with van der Waals surface area (Å²) in [6, 6.07) is 14.6. The van der Waals surface area contributed by atoms with Gasteiger partial charge in [-0.3, -0.25) is 10.1 Å². The van der Waals surface area contributed by atoms with E-state index in [1.165, 1.54) is 0 Å². The molecule has 0 aliphatic heterocycles. The Bertz CT molecular complexity index is 942. The van der Waals surface area contributed by atoms with Gasteiger partial charge in [-0.15, -0.1) is 0 Å². The molecule has 6 heteroatoms. The zero-order valence-corrected chi connectivity index (χ0v) is 14.4. The molecule has 0 aliphatic rings. The number of aromatic nitrogens is 1. The third-order valence-corrected chi connectivity index (χ3v) is 4.03. The van der Waals surface area contributed by atoms with Crippen molar-refractivity contribution in [1.29, 1.82) is 0 Å². The van der Waals surface area contributed by atoms with Gasteiger partial charge in [0.05, 0.1) is 0 Å². The van der Waals surface area contributed by atoms with Crippen molar-refractivity contribution in [1.82, 2.24) is 10.3 Å². The van der Waals surface area contributed by atoms with Crippen LogP contribution in [-0.2, 0) is 0 Å². The summed E-state index contributed by atoms with van der Waals surface area (Å²) in [5, 5.41) is 7.98. The Morgan fingerprint density at radius 3 is 2.67 bits per heavy atom. The van der Waals surface area contributed by atoms with Crippen molar-refractivity contribution in [3.05, 3.63) is 70.9 Å². The lowest BCUT2D eigenvalue weighted by Gasteiger charge is -2.11. The van der Waals surface area contributed by atoms with Crippen molar-refractivity contribution in [3.8, 4) is 0 Å². The average Bonchev–Trinajstić information content (AvgIpc) is 2.54. The third kappa shape index (κ3) is 3.53. The second-order valence-electron chi connectivity index (χ2n) is 5.27. The molecule has 0 bridgehead atoms. The van der Waals surface area contributed by atoms with Crippen molar-refractivity contribution in [2.45, 2.75) is 6.92 Å². The number of amides is 1. The van der Waals surface area contributed by atoms with E-state index in [0.29, 0.717) is 16.4 Å². The molecule has 3 rings (SSSR count). The monoisotopic (exact) mass is 355 g/mol. The summed E-state index contributed by atoms with van der Waals surface area (Å²) < 4.78 is 0. The number of anilines is 1. The summed E-state index contributed by atoms with van der Waals surface area (Å²) >= 11 is 11.4. The molecule has 3 aromatic rings. The number of pyridine rings is 1. The topological polar surface area (TPSA) is 54.0 Å². The first kappa shape index (κ1) is 16.4. The van der Waals surface area contributed by atoms with E-state index in [1.807, 2.05) is 37.3 Å². The SMILES string of the molecule is Cc1ccnc(NC(=S)NC(=O)c2cccc3c(Cl)cccc23)c1. The van der Waals surface area contributed by atoms with Crippen molar-refractivity contribution in [3.63, 3.8) is 0 Å². The van der Waals surface area contributed by atoms with Crippen LogP contribution in [0.4, 0.5) is 5.82 Å². The maximum atomic E-state index is 12.5. The Morgan fingerprint density at radius 1 is 1.12 bits per heavy atom. The summed E-state index contributed by atoms with van der Waals surface area (Å²) in [5.74, 6) is 0.286. The first-order valence-corrected chi connectivity index (χ1v) is 8.05. The highest BCUT2D eigenvalue weighted by Crippen LogP contribution is 2.25. The van der Waals surface area contributed by atoms with E-state index in [2.05, 4.69) is 15.6 Å². The maximum absolute atomic E-state index is 12.5. The predicted molar refractivity (Wildman–Crippen MR) is 102 cm³/mol. The smallest absolute Gasteiger partial charge is 0.258 e. The number of aryl methyl sites for hydroxylation is 1.